The number of carboxylic acid groups (broad SMARTS) is 1. The number of carbonyl (C=O) groups is 1. The van der Waals surface area contributed by atoms with Crippen LogP contribution < -0.4 is 9.46 Å². The van der Waals surface area contributed by atoms with Gasteiger partial charge < -0.3 is 9.84 Å². The molecule has 0 aliphatic rings. The van der Waals surface area contributed by atoms with Gasteiger partial charge in [0.05, 0.1) is 16.1 Å². The van der Waals surface area contributed by atoms with Crippen molar-refractivity contribution >= 4 is 21.7 Å². The van der Waals surface area contributed by atoms with Crippen molar-refractivity contribution in [2.45, 2.75) is 38.2 Å². The van der Waals surface area contributed by atoms with Crippen LogP contribution in [-0.4, -0.2) is 19.5 Å². The number of ether oxygens (including phenoxy) is 1. The van der Waals surface area contributed by atoms with Gasteiger partial charge in [0, 0.05) is 0 Å². The predicted molar refractivity (Wildman–Crippen MR) is 120 cm³/mol. The number of carboxylic acids is 1. The second kappa shape index (κ2) is 9.22. The van der Waals surface area contributed by atoms with Gasteiger partial charge in [0.25, 0.3) is 10.0 Å². The van der Waals surface area contributed by atoms with E-state index >= 15 is 0 Å². The molecule has 0 radical (unpaired) electrons. The van der Waals surface area contributed by atoms with E-state index in [9.17, 15) is 13.2 Å². The first-order valence-corrected chi connectivity index (χ1v) is 11.3. The van der Waals surface area contributed by atoms with Crippen LogP contribution in [-0.2, 0) is 16.6 Å². The lowest BCUT2D eigenvalue weighted by atomic mass is 10.0. The summed E-state index contributed by atoms with van der Waals surface area (Å²) in [5.41, 5.74) is 2.96. The minimum Gasteiger partial charge on any atom is -0.487 e. The molecule has 0 fully saturated rings. The molecule has 0 heterocycles. The maximum absolute atomic E-state index is 13.1. The zero-order valence-corrected chi connectivity index (χ0v) is 18.4. The maximum atomic E-state index is 13.1. The fourth-order valence-electron chi connectivity index (χ4n) is 3.14. The minimum atomic E-state index is -3.82. The molecule has 0 aliphatic carbocycles. The lowest BCUT2D eigenvalue weighted by Gasteiger charge is -2.17. The zero-order valence-electron chi connectivity index (χ0n) is 17.6. The van der Waals surface area contributed by atoms with Crippen molar-refractivity contribution in [1.82, 2.24) is 0 Å². The Morgan fingerprint density at radius 2 is 1.71 bits per heavy atom. The Bertz CT molecular complexity index is 1180. The first-order valence-electron chi connectivity index (χ1n) is 9.85. The number of benzene rings is 3. The summed E-state index contributed by atoms with van der Waals surface area (Å²) in [6.07, 6.45) is 0. The third-order valence-electron chi connectivity index (χ3n) is 4.81. The summed E-state index contributed by atoms with van der Waals surface area (Å²) < 4.78 is 34.8. The molecule has 0 saturated carbocycles. The monoisotopic (exact) mass is 439 g/mol. The number of sulfonamides is 1. The molecule has 0 amide bonds. The van der Waals surface area contributed by atoms with Crippen LogP contribution in [0.2, 0.25) is 0 Å². The minimum absolute atomic E-state index is 0.0512. The Morgan fingerprint density at radius 1 is 1.03 bits per heavy atom. The zero-order chi connectivity index (χ0) is 22.6. The second-order valence-corrected chi connectivity index (χ2v) is 9.24. The first kappa shape index (κ1) is 22.4. The van der Waals surface area contributed by atoms with Gasteiger partial charge in [0.15, 0.2) is 0 Å². The fourth-order valence-corrected chi connectivity index (χ4v) is 4.58. The third-order valence-corrected chi connectivity index (χ3v) is 6.25. The van der Waals surface area contributed by atoms with Gasteiger partial charge in [-0.3, -0.25) is 4.72 Å². The molecule has 0 unspecified atom stereocenters. The topological polar surface area (TPSA) is 92.7 Å². The molecule has 7 heteroatoms. The Kier molecular flexibility index (Phi) is 6.65. The van der Waals surface area contributed by atoms with E-state index in [-0.39, 0.29) is 23.0 Å². The largest absolute Gasteiger partial charge is 0.487 e. The maximum Gasteiger partial charge on any atom is 0.335 e. The lowest BCUT2D eigenvalue weighted by Crippen LogP contribution is -2.16. The van der Waals surface area contributed by atoms with Crippen LogP contribution in [0.1, 0.15) is 46.8 Å². The molecule has 6 nitrogen and oxygen atoms in total. The molecular weight excluding hydrogens is 414 g/mol. The van der Waals surface area contributed by atoms with Crippen molar-refractivity contribution in [3.05, 3.63) is 89.0 Å². The summed E-state index contributed by atoms with van der Waals surface area (Å²) in [7, 11) is -3.82. The smallest absolute Gasteiger partial charge is 0.335 e. The Morgan fingerprint density at radius 3 is 2.35 bits per heavy atom. The molecule has 0 aromatic heterocycles. The van der Waals surface area contributed by atoms with Gasteiger partial charge in [-0.25, -0.2) is 13.2 Å². The van der Waals surface area contributed by atoms with Gasteiger partial charge in [-0.15, -0.1) is 0 Å². The third kappa shape index (κ3) is 5.44. The summed E-state index contributed by atoms with van der Waals surface area (Å²) >= 11 is 0. The van der Waals surface area contributed by atoms with Crippen LogP contribution in [0, 0.1) is 6.92 Å². The van der Waals surface area contributed by atoms with E-state index in [4.69, 9.17) is 9.84 Å². The molecule has 2 N–H and O–H groups in total. The van der Waals surface area contributed by atoms with Gasteiger partial charge in [-0.1, -0.05) is 50.2 Å². The highest BCUT2D eigenvalue weighted by molar-refractivity contribution is 7.92. The molecule has 3 aromatic rings. The van der Waals surface area contributed by atoms with E-state index in [0.717, 1.165) is 16.7 Å². The number of rotatable bonds is 8. The normalized spacial score (nSPS) is 11.4. The number of anilines is 1. The van der Waals surface area contributed by atoms with E-state index < -0.39 is 16.0 Å². The van der Waals surface area contributed by atoms with E-state index in [1.54, 1.807) is 42.5 Å². The molecule has 162 valence electrons. The van der Waals surface area contributed by atoms with Crippen molar-refractivity contribution in [3.8, 4) is 5.75 Å². The Hall–Kier alpha value is -3.32. The summed E-state index contributed by atoms with van der Waals surface area (Å²) in [4.78, 5) is 11.2. The highest BCUT2D eigenvalue weighted by Gasteiger charge is 2.21. The number of aryl methyl sites for hydroxylation is 1. The molecule has 3 aromatic carbocycles. The van der Waals surface area contributed by atoms with Crippen LogP contribution in [0.15, 0.2) is 71.6 Å². The average molecular weight is 440 g/mol. The molecule has 0 saturated heterocycles. The second-order valence-electron chi connectivity index (χ2n) is 7.59. The molecular formula is C24H25NO5S. The fraction of sp³-hybridized carbons (Fsp3) is 0.208. The van der Waals surface area contributed by atoms with Crippen LogP contribution in [0.3, 0.4) is 0 Å². The molecule has 0 atom stereocenters. The van der Waals surface area contributed by atoms with Crippen LogP contribution in [0.4, 0.5) is 5.69 Å². The molecule has 0 spiro atoms. The highest BCUT2D eigenvalue weighted by atomic mass is 32.2. The Labute approximate surface area is 182 Å². The van der Waals surface area contributed by atoms with Crippen LogP contribution in [0.5, 0.6) is 5.75 Å². The van der Waals surface area contributed by atoms with Crippen molar-refractivity contribution in [2.75, 3.05) is 4.72 Å². The first-order chi connectivity index (χ1) is 14.7. The Balaban J connectivity index is 1.85. The van der Waals surface area contributed by atoms with Crippen LogP contribution >= 0.6 is 0 Å². The van der Waals surface area contributed by atoms with E-state index in [2.05, 4.69) is 4.72 Å². The van der Waals surface area contributed by atoms with Gasteiger partial charge in [-0.05, 0) is 59.9 Å². The number of hydrogen-bond acceptors (Lipinski definition) is 4. The van der Waals surface area contributed by atoms with E-state index in [0.29, 0.717) is 11.4 Å². The van der Waals surface area contributed by atoms with Crippen molar-refractivity contribution in [3.63, 3.8) is 0 Å². The molecule has 31 heavy (non-hydrogen) atoms. The quantitative estimate of drug-likeness (QED) is 0.503. The highest BCUT2D eigenvalue weighted by Crippen LogP contribution is 2.31. The van der Waals surface area contributed by atoms with Gasteiger partial charge in [0.2, 0.25) is 0 Å². The van der Waals surface area contributed by atoms with Crippen molar-refractivity contribution in [2.24, 2.45) is 0 Å². The van der Waals surface area contributed by atoms with E-state index in [1.165, 1.54) is 12.1 Å². The van der Waals surface area contributed by atoms with Crippen molar-refractivity contribution < 1.29 is 23.1 Å². The molecule has 3 rings (SSSR count). The molecule has 0 aliphatic heterocycles. The number of nitrogens with one attached hydrogen (secondary N) is 1. The SMILES string of the molecule is Cc1ccc(NS(=O)(=O)c2ccccc2C(C)C)c(OCc2ccc(C(=O)O)cc2)c1. The van der Waals surface area contributed by atoms with Crippen molar-refractivity contribution in [1.29, 1.82) is 0 Å². The van der Waals surface area contributed by atoms with Gasteiger partial charge in [0.1, 0.15) is 12.4 Å². The van der Waals surface area contributed by atoms with Gasteiger partial charge >= 0.3 is 5.97 Å². The summed E-state index contributed by atoms with van der Waals surface area (Å²) in [6, 6.07) is 18.5. The number of aromatic carboxylic acids is 1. The van der Waals surface area contributed by atoms with E-state index in [1.807, 2.05) is 32.9 Å². The average Bonchev–Trinajstić information content (AvgIpc) is 2.74. The molecule has 0 bridgehead atoms. The lowest BCUT2D eigenvalue weighted by molar-refractivity contribution is 0.0697. The number of hydrogen-bond donors (Lipinski definition) is 2. The standard InChI is InChI=1S/C24H25NO5S/c1-16(2)20-6-4-5-7-23(20)31(28,29)25-21-13-8-17(3)14-22(21)30-15-18-9-11-19(12-10-18)24(26)27/h4-14,16,25H,15H2,1-3H3,(H,26,27). The van der Waals surface area contributed by atoms with Crippen LogP contribution in [0.25, 0.3) is 0 Å². The predicted octanol–water partition coefficient (Wildman–Crippen LogP) is 5.20. The van der Waals surface area contributed by atoms with Gasteiger partial charge in [-0.2, -0.15) is 0 Å². The summed E-state index contributed by atoms with van der Waals surface area (Å²) in [6.45, 7) is 5.95. The summed E-state index contributed by atoms with van der Waals surface area (Å²) in [5.74, 6) is -0.548. The summed E-state index contributed by atoms with van der Waals surface area (Å²) in [5, 5.41) is 9.01.